The number of likely N-dealkylation sites (tertiary alicyclic amines) is 1. The number of aryl methyl sites for hydroxylation is 1. The topological polar surface area (TPSA) is 81.7 Å². The first kappa shape index (κ1) is 15.5. The SMILES string of the molecule is Cc1cc(C(=O)N2CCC[C@@H](n3ccnc3)C2)ccc1-n1cnnn1. The molecule has 1 aliphatic heterocycles. The van der Waals surface area contributed by atoms with E-state index < -0.39 is 0 Å². The summed E-state index contributed by atoms with van der Waals surface area (Å²) in [5, 5.41) is 11.2. The second kappa shape index (κ2) is 6.46. The van der Waals surface area contributed by atoms with E-state index in [9.17, 15) is 4.79 Å². The summed E-state index contributed by atoms with van der Waals surface area (Å²) in [6, 6.07) is 5.92. The highest BCUT2D eigenvalue weighted by Crippen LogP contribution is 2.23. The number of amides is 1. The Balaban J connectivity index is 1.53. The third-order valence-electron chi connectivity index (χ3n) is 4.67. The summed E-state index contributed by atoms with van der Waals surface area (Å²) in [7, 11) is 0. The zero-order valence-corrected chi connectivity index (χ0v) is 14.0. The zero-order valence-electron chi connectivity index (χ0n) is 14.0. The number of benzene rings is 1. The van der Waals surface area contributed by atoms with Gasteiger partial charge >= 0.3 is 0 Å². The molecule has 0 bridgehead atoms. The molecule has 1 saturated heterocycles. The van der Waals surface area contributed by atoms with Crippen LogP contribution in [-0.4, -0.2) is 53.7 Å². The standard InChI is InChI=1S/C17H19N7O/c1-13-9-14(4-5-16(13)24-12-19-20-21-24)17(25)22-7-2-3-15(10-22)23-8-6-18-11-23/h4-6,8-9,11-12,15H,2-3,7,10H2,1H3/t15-/m1/s1. The average molecular weight is 337 g/mol. The van der Waals surface area contributed by atoms with Gasteiger partial charge in [0.15, 0.2) is 0 Å². The van der Waals surface area contributed by atoms with Crippen LogP contribution in [0.3, 0.4) is 0 Å². The second-order valence-corrected chi connectivity index (χ2v) is 6.31. The third-order valence-corrected chi connectivity index (χ3v) is 4.67. The predicted octanol–water partition coefficient (Wildman–Crippen LogP) is 1.64. The monoisotopic (exact) mass is 337 g/mol. The largest absolute Gasteiger partial charge is 0.337 e. The fraction of sp³-hybridized carbons (Fsp3) is 0.353. The van der Waals surface area contributed by atoms with Crippen LogP contribution in [0.4, 0.5) is 0 Å². The molecule has 1 fully saturated rings. The predicted molar refractivity (Wildman–Crippen MR) is 90.3 cm³/mol. The maximum absolute atomic E-state index is 12.9. The van der Waals surface area contributed by atoms with Gasteiger partial charge in [0.1, 0.15) is 6.33 Å². The number of aromatic nitrogens is 6. The van der Waals surface area contributed by atoms with Crippen LogP contribution >= 0.6 is 0 Å². The number of rotatable bonds is 3. The molecule has 3 heterocycles. The van der Waals surface area contributed by atoms with E-state index in [1.54, 1.807) is 17.2 Å². The van der Waals surface area contributed by atoms with Gasteiger partial charge in [-0.05, 0) is 54.0 Å². The summed E-state index contributed by atoms with van der Waals surface area (Å²) in [5.74, 6) is 0.0659. The van der Waals surface area contributed by atoms with E-state index in [0.717, 1.165) is 30.6 Å². The van der Waals surface area contributed by atoms with E-state index in [1.807, 2.05) is 42.5 Å². The number of piperidine rings is 1. The lowest BCUT2D eigenvalue weighted by Gasteiger charge is -2.33. The molecule has 0 saturated carbocycles. The van der Waals surface area contributed by atoms with E-state index >= 15 is 0 Å². The number of nitrogens with zero attached hydrogens (tertiary/aromatic N) is 7. The highest BCUT2D eigenvalue weighted by Gasteiger charge is 2.25. The molecule has 25 heavy (non-hydrogen) atoms. The summed E-state index contributed by atoms with van der Waals surface area (Å²) in [6.45, 7) is 3.46. The molecule has 0 spiro atoms. The fourth-order valence-corrected chi connectivity index (χ4v) is 3.37. The lowest BCUT2D eigenvalue weighted by Crippen LogP contribution is -2.40. The van der Waals surface area contributed by atoms with Crippen LogP contribution in [0.25, 0.3) is 5.69 Å². The zero-order chi connectivity index (χ0) is 17.2. The van der Waals surface area contributed by atoms with Crippen LogP contribution in [0, 0.1) is 6.92 Å². The molecule has 128 valence electrons. The van der Waals surface area contributed by atoms with E-state index in [2.05, 4.69) is 25.1 Å². The highest BCUT2D eigenvalue weighted by molar-refractivity contribution is 5.94. The Morgan fingerprint density at radius 3 is 2.92 bits per heavy atom. The Morgan fingerprint density at radius 1 is 1.28 bits per heavy atom. The Morgan fingerprint density at radius 2 is 2.20 bits per heavy atom. The van der Waals surface area contributed by atoms with Crippen LogP contribution in [0.15, 0.2) is 43.2 Å². The van der Waals surface area contributed by atoms with Crippen molar-refractivity contribution in [3.8, 4) is 5.69 Å². The summed E-state index contributed by atoms with van der Waals surface area (Å²) in [6.07, 6.45) is 9.17. The van der Waals surface area contributed by atoms with Crippen molar-refractivity contribution in [1.82, 2.24) is 34.7 Å². The highest BCUT2D eigenvalue weighted by atomic mass is 16.2. The molecular formula is C17H19N7O. The number of carbonyl (C=O) groups is 1. The van der Waals surface area contributed by atoms with Crippen LogP contribution in [0.1, 0.15) is 34.8 Å². The molecule has 1 aromatic carbocycles. The van der Waals surface area contributed by atoms with Crippen molar-refractivity contribution in [2.45, 2.75) is 25.8 Å². The minimum absolute atomic E-state index is 0.0659. The Hall–Kier alpha value is -3.03. The van der Waals surface area contributed by atoms with Crippen molar-refractivity contribution in [3.63, 3.8) is 0 Å². The molecule has 0 radical (unpaired) electrons. The van der Waals surface area contributed by atoms with Gasteiger partial charge in [-0.1, -0.05) is 0 Å². The number of imidazole rings is 1. The molecule has 1 amide bonds. The van der Waals surface area contributed by atoms with Gasteiger partial charge in [0.25, 0.3) is 5.91 Å². The Bertz CT molecular complexity index is 857. The first-order chi connectivity index (χ1) is 12.2. The van der Waals surface area contributed by atoms with Crippen molar-refractivity contribution in [2.75, 3.05) is 13.1 Å². The van der Waals surface area contributed by atoms with Crippen LogP contribution < -0.4 is 0 Å². The van der Waals surface area contributed by atoms with Crippen LogP contribution in [-0.2, 0) is 0 Å². The molecule has 4 rings (SSSR count). The van der Waals surface area contributed by atoms with Gasteiger partial charge in [-0.25, -0.2) is 9.67 Å². The number of tetrazole rings is 1. The first-order valence-electron chi connectivity index (χ1n) is 8.33. The third kappa shape index (κ3) is 3.02. The molecule has 3 aromatic rings. The van der Waals surface area contributed by atoms with E-state index in [0.29, 0.717) is 18.2 Å². The maximum Gasteiger partial charge on any atom is 0.253 e. The van der Waals surface area contributed by atoms with Crippen molar-refractivity contribution in [2.24, 2.45) is 0 Å². The van der Waals surface area contributed by atoms with Gasteiger partial charge in [-0.3, -0.25) is 4.79 Å². The molecule has 8 nitrogen and oxygen atoms in total. The van der Waals surface area contributed by atoms with Gasteiger partial charge in [0, 0.05) is 31.0 Å². The lowest BCUT2D eigenvalue weighted by atomic mass is 10.0. The van der Waals surface area contributed by atoms with E-state index in [1.165, 1.54) is 0 Å². The first-order valence-corrected chi connectivity index (χ1v) is 8.33. The van der Waals surface area contributed by atoms with Gasteiger partial charge in [-0.15, -0.1) is 5.10 Å². The van der Waals surface area contributed by atoms with Gasteiger partial charge in [0.2, 0.25) is 0 Å². The summed E-state index contributed by atoms with van der Waals surface area (Å²) >= 11 is 0. The maximum atomic E-state index is 12.9. The summed E-state index contributed by atoms with van der Waals surface area (Å²) in [5.41, 5.74) is 2.53. The fourth-order valence-electron chi connectivity index (χ4n) is 3.37. The number of carbonyl (C=O) groups excluding carboxylic acids is 1. The number of hydrogen-bond acceptors (Lipinski definition) is 5. The molecule has 1 aliphatic rings. The normalized spacial score (nSPS) is 17.6. The van der Waals surface area contributed by atoms with Crippen molar-refractivity contribution in [1.29, 1.82) is 0 Å². The smallest absolute Gasteiger partial charge is 0.253 e. The van der Waals surface area contributed by atoms with Crippen LogP contribution in [0.2, 0.25) is 0 Å². The lowest BCUT2D eigenvalue weighted by molar-refractivity contribution is 0.0679. The summed E-state index contributed by atoms with van der Waals surface area (Å²) in [4.78, 5) is 19.0. The van der Waals surface area contributed by atoms with Crippen LogP contribution in [0.5, 0.6) is 0 Å². The van der Waals surface area contributed by atoms with Gasteiger partial charge in [0.05, 0.1) is 18.1 Å². The molecule has 8 heteroatoms. The molecule has 0 aliphatic carbocycles. The van der Waals surface area contributed by atoms with E-state index in [4.69, 9.17) is 0 Å². The Labute approximate surface area is 145 Å². The molecule has 0 unspecified atom stereocenters. The molecule has 0 N–H and O–H groups in total. The second-order valence-electron chi connectivity index (χ2n) is 6.31. The molecule has 2 aromatic heterocycles. The average Bonchev–Trinajstić information content (AvgIpc) is 3.35. The van der Waals surface area contributed by atoms with Crippen molar-refractivity contribution >= 4 is 5.91 Å². The molecule has 1 atom stereocenters. The van der Waals surface area contributed by atoms with Gasteiger partial charge in [-0.2, -0.15) is 0 Å². The van der Waals surface area contributed by atoms with Crippen molar-refractivity contribution in [3.05, 3.63) is 54.4 Å². The quantitative estimate of drug-likeness (QED) is 0.726. The van der Waals surface area contributed by atoms with Crippen molar-refractivity contribution < 1.29 is 4.79 Å². The summed E-state index contributed by atoms with van der Waals surface area (Å²) < 4.78 is 3.69. The minimum Gasteiger partial charge on any atom is -0.337 e. The molecular weight excluding hydrogens is 318 g/mol. The van der Waals surface area contributed by atoms with E-state index in [-0.39, 0.29) is 5.91 Å². The Kier molecular flexibility index (Phi) is 4.01. The van der Waals surface area contributed by atoms with Gasteiger partial charge < -0.3 is 9.47 Å². The minimum atomic E-state index is 0.0659. The number of hydrogen-bond donors (Lipinski definition) is 0.